The number of aryl methyl sites for hydroxylation is 1. The topological polar surface area (TPSA) is 60.2 Å². The first-order valence-corrected chi connectivity index (χ1v) is 11.5. The minimum absolute atomic E-state index is 0.0692. The van der Waals surface area contributed by atoms with Gasteiger partial charge in [0.05, 0.1) is 24.2 Å². The van der Waals surface area contributed by atoms with Crippen LogP contribution in [0.25, 0.3) is 5.69 Å². The van der Waals surface area contributed by atoms with Crippen molar-refractivity contribution in [1.29, 1.82) is 0 Å². The van der Waals surface area contributed by atoms with Crippen LogP contribution in [0.2, 0.25) is 0 Å². The van der Waals surface area contributed by atoms with Crippen molar-refractivity contribution in [3.05, 3.63) is 64.1 Å². The largest absolute Gasteiger partial charge is 0.378 e. The zero-order chi connectivity index (χ0) is 21.1. The number of rotatable bonds is 6. The van der Waals surface area contributed by atoms with Crippen molar-refractivity contribution in [2.75, 3.05) is 31.2 Å². The van der Waals surface area contributed by atoms with E-state index in [1.807, 2.05) is 43.3 Å². The van der Waals surface area contributed by atoms with Crippen LogP contribution >= 0.6 is 27.7 Å². The van der Waals surface area contributed by atoms with E-state index in [2.05, 4.69) is 54.7 Å². The van der Waals surface area contributed by atoms with Crippen LogP contribution in [-0.4, -0.2) is 52.1 Å². The number of hydrogen-bond donors (Lipinski definition) is 0. The molecule has 0 amide bonds. The van der Waals surface area contributed by atoms with Gasteiger partial charge in [-0.05, 0) is 37.6 Å². The van der Waals surface area contributed by atoms with Gasteiger partial charge in [0.1, 0.15) is 0 Å². The first-order chi connectivity index (χ1) is 14.5. The molecule has 0 spiro atoms. The molecule has 0 N–H and O–H groups in total. The van der Waals surface area contributed by atoms with Crippen molar-refractivity contribution >= 4 is 39.4 Å². The van der Waals surface area contributed by atoms with Crippen LogP contribution in [0, 0.1) is 6.92 Å². The summed E-state index contributed by atoms with van der Waals surface area (Å²) in [7, 11) is 0. The average Bonchev–Trinajstić information content (AvgIpc) is 3.18. The maximum Gasteiger partial charge on any atom is 0.232 e. The summed E-state index contributed by atoms with van der Waals surface area (Å²) in [6.45, 7) is 6.86. The smallest absolute Gasteiger partial charge is 0.232 e. The molecule has 3 aromatic rings. The Labute approximate surface area is 188 Å². The third-order valence-electron chi connectivity index (χ3n) is 5.05. The molecule has 0 bridgehead atoms. The lowest BCUT2D eigenvalue weighted by Crippen LogP contribution is -2.38. The van der Waals surface area contributed by atoms with E-state index in [1.165, 1.54) is 11.8 Å². The second-order valence-corrected chi connectivity index (χ2v) is 9.36. The van der Waals surface area contributed by atoms with Crippen LogP contribution in [0.3, 0.4) is 0 Å². The number of aromatic nitrogens is 3. The number of carbonyl (C=O) groups is 1. The number of para-hydroxylation sites is 1. The third kappa shape index (κ3) is 4.45. The van der Waals surface area contributed by atoms with Crippen LogP contribution in [-0.2, 0) is 4.74 Å². The Morgan fingerprint density at radius 1 is 1.10 bits per heavy atom. The Hall–Kier alpha value is -2.16. The number of Topliss-reactive ketones (excluding diaryl/α,β-unsaturated/α-hetero) is 1. The molecule has 2 aromatic carbocycles. The van der Waals surface area contributed by atoms with E-state index in [4.69, 9.17) is 4.74 Å². The molecule has 1 atom stereocenters. The minimum Gasteiger partial charge on any atom is -0.378 e. The number of ketones is 1. The second-order valence-electron chi connectivity index (χ2n) is 7.14. The van der Waals surface area contributed by atoms with E-state index in [9.17, 15) is 4.79 Å². The highest BCUT2D eigenvalue weighted by atomic mass is 79.9. The number of hydrogen-bond acceptors (Lipinski definition) is 6. The quantitative estimate of drug-likeness (QED) is 0.376. The number of thioether (sulfide) groups is 1. The van der Waals surface area contributed by atoms with Crippen LogP contribution in [0.5, 0.6) is 0 Å². The third-order valence-corrected chi connectivity index (χ3v) is 6.62. The molecule has 156 valence electrons. The van der Waals surface area contributed by atoms with Gasteiger partial charge in [0.15, 0.2) is 10.9 Å². The van der Waals surface area contributed by atoms with E-state index in [0.29, 0.717) is 23.9 Å². The van der Waals surface area contributed by atoms with Crippen LogP contribution in [0.15, 0.2) is 58.2 Å². The minimum atomic E-state index is -0.296. The maximum atomic E-state index is 13.0. The molecule has 30 heavy (non-hydrogen) atoms. The average molecular weight is 487 g/mol. The summed E-state index contributed by atoms with van der Waals surface area (Å²) in [4.78, 5) is 15.2. The fraction of sp³-hybridized carbons (Fsp3) is 0.318. The van der Waals surface area contributed by atoms with E-state index in [-0.39, 0.29) is 11.0 Å². The highest BCUT2D eigenvalue weighted by Gasteiger charge is 2.25. The van der Waals surface area contributed by atoms with Gasteiger partial charge >= 0.3 is 0 Å². The van der Waals surface area contributed by atoms with Crippen molar-refractivity contribution in [2.24, 2.45) is 0 Å². The molecule has 1 aromatic heterocycles. The summed E-state index contributed by atoms with van der Waals surface area (Å²) in [6, 6.07) is 15.6. The summed E-state index contributed by atoms with van der Waals surface area (Å²) in [5.74, 6) is 0.859. The van der Waals surface area contributed by atoms with Gasteiger partial charge in [0, 0.05) is 23.1 Å². The molecule has 1 fully saturated rings. The Bertz CT molecular complexity index is 1030. The van der Waals surface area contributed by atoms with E-state index >= 15 is 0 Å². The second kappa shape index (κ2) is 9.32. The Balaban J connectivity index is 1.67. The molecule has 6 nitrogen and oxygen atoms in total. The fourth-order valence-corrected chi connectivity index (χ4v) is 4.59. The molecule has 1 unspecified atom stereocenters. The van der Waals surface area contributed by atoms with E-state index < -0.39 is 0 Å². The highest BCUT2D eigenvalue weighted by Crippen LogP contribution is 2.32. The van der Waals surface area contributed by atoms with Crippen molar-refractivity contribution < 1.29 is 9.53 Å². The molecule has 0 aliphatic carbocycles. The van der Waals surface area contributed by atoms with Crippen molar-refractivity contribution in [3.8, 4) is 5.69 Å². The standard InChI is InChI=1S/C22H23BrN4O2S/c1-15-5-3-4-6-19(15)27-21(26-11-13-29-14-12-26)24-25-22(27)30-16(2)20(28)17-7-9-18(23)10-8-17/h3-10,16H,11-14H2,1-2H3. The molecule has 1 saturated heterocycles. The first-order valence-electron chi connectivity index (χ1n) is 9.85. The number of nitrogens with zero attached hydrogens (tertiary/aromatic N) is 4. The monoisotopic (exact) mass is 486 g/mol. The zero-order valence-corrected chi connectivity index (χ0v) is 19.3. The predicted octanol–water partition coefficient (Wildman–Crippen LogP) is 4.54. The van der Waals surface area contributed by atoms with Gasteiger partial charge in [-0.1, -0.05) is 58.0 Å². The molecular formula is C22H23BrN4O2S. The Morgan fingerprint density at radius 2 is 1.80 bits per heavy atom. The van der Waals surface area contributed by atoms with Crippen molar-refractivity contribution in [3.63, 3.8) is 0 Å². The summed E-state index contributed by atoms with van der Waals surface area (Å²) >= 11 is 4.85. The number of anilines is 1. The number of morpholine rings is 1. The van der Waals surface area contributed by atoms with Gasteiger partial charge in [-0.2, -0.15) is 0 Å². The summed E-state index contributed by atoms with van der Waals surface area (Å²) in [5.41, 5.74) is 2.84. The summed E-state index contributed by atoms with van der Waals surface area (Å²) in [5, 5.41) is 9.39. The molecule has 8 heteroatoms. The van der Waals surface area contributed by atoms with Crippen LogP contribution < -0.4 is 4.90 Å². The first kappa shape index (κ1) is 21.1. The predicted molar refractivity (Wildman–Crippen MR) is 123 cm³/mol. The van der Waals surface area contributed by atoms with Gasteiger partial charge in [0.2, 0.25) is 5.95 Å². The van der Waals surface area contributed by atoms with Gasteiger partial charge < -0.3 is 9.64 Å². The summed E-state index contributed by atoms with van der Waals surface area (Å²) < 4.78 is 8.52. The summed E-state index contributed by atoms with van der Waals surface area (Å²) in [6.07, 6.45) is 0. The molecular weight excluding hydrogens is 464 g/mol. The number of benzene rings is 2. The number of halogens is 1. The lowest BCUT2D eigenvalue weighted by molar-refractivity contribution is 0.0994. The molecule has 0 radical (unpaired) electrons. The van der Waals surface area contributed by atoms with Crippen LogP contribution in [0.1, 0.15) is 22.8 Å². The van der Waals surface area contributed by atoms with E-state index in [0.717, 1.165) is 34.8 Å². The lowest BCUT2D eigenvalue weighted by atomic mass is 10.1. The maximum absolute atomic E-state index is 13.0. The molecule has 4 rings (SSSR count). The lowest BCUT2D eigenvalue weighted by Gasteiger charge is -2.28. The van der Waals surface area contributed by atoms with Gasteiger partial charge in [-0.25, -0.2) is 0 Å². The number of ether oxygens (including phenoxy) is 1. The van der Waals surface area contributed by atoms with Gasteiger partial charge in [0.25, 0.3) is 0 Å². The zero-order valence-electron chi connectivity index (χ0n) is 16.9. The van der Waals surface area contributed by atoms with Gasteiger partial charge in [-0.15, -0.1) is 10.2 Å². The molecule has 1 aliphatic heterocycles. The molecule has 0 saturated carbocycles. The van der Waals surface area contributed by atoms with Crippen molar-refractivity contribution in [2.45, 2.75) is 24.3 Å². The fourth-order valence-electron chi connectivity index (χ4n) is 3.39. The SMILES string of the molecule is Cc1ccccc1-n1c(SC(C)C(=O)c2ccc(Br)cc2)nnc1N1CCOCC1. The number of carbonyl (C=O) groups excluding carboxylic acids is 1. The van der Waals surface area contributed by atoms with Crippen LogP contribution in [0.4, 0.5) is 5.95 Å². The molecule has 2 heterocycles. The van der Waals surface area contributed by atoms with Gasteiger partial charge in [-0.3, -0.25) is 9.36 Å². The van der Waals surface area contributed by atoms with E-state index in [1.54, 1.807) is 0 Å². The normalized spacial score (nSPS) is 15.2. The molecule has 1 aliphatic rings. The Kier molecular flexibility index (Phi) is 6.55. The highest BCUT2D eigenvalue weighted by molar-refractivity contribution is 9.10. The van der Waals surface area contributed by atoms with Crippen molar-refractivity contribution in [1.82, 2.24) is 14.8 Å². The Morgan fingerprint density at radius 3 is 2.50 bits per heavy atom.